The van der Waals surface area contributed by atoms with Gasteiger partial charge in [0.25, 0.3) is 0 Å². The lowest BCUT2D eigenvalue weighted by Crippen LogP contribution is -2.05. The number of rotatable bonds is 0. The van der Waals surface area contributed by atoms with Crippen LogP contribution in [-0.4, -0.2) is 10.2 Å². The fraction of sp³-hybridized carbons (Fsp3) is 0. The molecule has 0 aromatic heterocycles. The monoisotopic (exact) mass is 428 g/mol. The van der Waals surface area contributed by atoms with Crippen LogP contribution < -0.4 is 0 Å². The molecule has 20 heavy (non-hydrogen) atoms. The number of benzene rings is 2. The predicted octanol–water partition coefficient (Wildman–Crippen LogP) is 5.39. The lowest BCUT2D eigenvalue weighted by atomic mass is 10.2. The van der Waals surface area contributed by atoms with Crippen LogP contribution in [0.3, 0.4) is 0 Å². The maximum absolute atomic E-state index is 12.4. The zero-order valence-electron chi connectivity index (χ0n) is 9.85. The summed E-state index contributed by atoms with van der Waals surface area (Å²) in [5, 5.41) is -0.102. The standard InChI is InChI=1S/C14H6Br2O2S2/c15-7-1-3-11-9(5-7)13(17)20-12-4-2-8(16)6-10(12)14(18)19-11/h1-6H. The SMILES string of the molecule is O=C1Sc2ccc(Br)cc2C(=O)Sc2ccc(Br)cc21. The Morgan fingerprint density at radius 3 is 1.50 bits per heavy atom. The molecule has 0 atom stereocenters. The van der Waals surface area contributed by atoms with Crippen molar-refractivity contribution in [2.24, 2.45) is 0 Å². The van der Waals surface area contributed by atoms with E-state index in [1.165, 1.54) is 0 Å². The molecule has 0 spiro atoms. The highest BCUT2D eigenvalue weighted by atomic mass is 79.9. The molecule has 1 heterocycles. The minimum atomic E-state index is -0.0510. The van der Waals surface area contributed by atoms with E-state index >= 15 is 0 Å². The van der Waals surface area contributed by atoms with Gasteiger partial charge < -0.3 is 0 Å². The van der Waals surface area contributed by atoms with Crippen LogP contribution in [0.2, 0.25) is 0 Å². The Morgan fingerprint density at radius 2 is 1.10 bits per heavy atom. The molecule has 0 aliphatic carbocycles. The second-order valence-electron chi connectivity index (χ2n) is 4.06. The van der Waals surface area contributed by atoms with Gasteiger partial charge in [0.2, 0.25) is 10.2 Å². The average molecular weight is 430 g/mol. The van der Waals surface area contributed by atoms with E-state index in [9.17, 15) is 9.59 Å². The van der Waals surface area contributed by atoms with Crippen molar-refractivity contribution in [2.75, 3.05) is 0 Å². The lowest BCUT2D eigenvalue weighted by Gasteiger charge is -2.14. The number of carbonyl (C=O) groups is 2. The average Bonchev–Trinajstić information content (AvgIpc) is 2.41. The van der Waals surface area contributed by atoms with Crippen LogP contribution >= 0.6 is 55.4 Å². The van der Waals surface area contributed by atoms with Crippen LogP contribution in [0.25, 0.3) is 0 Å². The van der Waals surface area contributed by atoms with Crippen LogP contribution in [-0.2, 0) is 0 Å². The molecule has 0 fully saturated rings. The molecule has 0 radical (unpaired) electrons. The third-order valence-corrected chi connectivity index (χ3v) is 5.68. The Morgan fingerprint density at radius 1 is 0.700 bits per heavy atom. The highest BCUT2D eigenvalue weighted by Gasteiger charge is 2.24. The minimum Gasteiger partial charge on any atom is -0.281 e. The van der Waals surface area contributed by atoms with E-state index in [4.69, 9.17) is 0 Å². The van der Waals surface area contributed by atoms with Crippen LogP contribution in [0, 0.1) is 0 Å². The molecule has 6 heteroatoms. The summed E-state index contributed by atoms with van der Waals surface area (Å²) in [7, 11) is 0. The first-order chi connectivity index (χ1) is 9.54. The number of fused-ring (bicyclic) bond motifs is 2. The van der Waals surface area contributed by atoms with Gasteiger partial charge in [-0.1, -0.05) is 31.9 Å². The zero-order chi connectivity index (χ0) is 14.3. The van der Waals surface area contributed by atoms with Crippen molar-refractivity contribution in [1.82, 2.24) is 0 Å². The second kappa shape index (κ2) is 5.67. The topological polar surface area (TPSA) is 34.1 Å². The van der Waals surface area contributed by atoms with Gasteiger partial charge in [-0.15, -0.1) is 0 Å². The smallest absolute Gasteiger partial charge is 0.225 e. The Balaban J connectivity index is 2.15. The summed E-state index contributed by atoms with van der Waals surface area (Å²) in [5.74, 6) is 0. The zero-order valence-corrected chi connectivity index (χ0v) is 14.7. The first-order valence-electron chi connectivity index (χ1n) is 5.58. The van der Waals surface area contributed by atoms with Gasteiger partial charge in [-0.2, -0.15) is 0 Å². The number of carbonyl (C=O) groups excluding carboxylic acids is 2. The van der Waals surface area contributed by atoms with E-state index in [2.05, 4.69) is 31.9 Å². The van der Waals surface area contributed by atoms with Gasteiger partial charge in [0.15, 0.2) is 0 Å². The molecule has 2 aromatic carbocycles. The largest absolute Gasteiger partial charge is 0.281 e. The molecule has 0 amide bonds. The molecule has 1 aliphatic rings. The van der Waals surface area contributed by atoms with E-state index < -0.39 is 0 Å². The van der Waals surface area contributed by atoms with E-state index in [0.717, 1.165) is 32.5 Å². The van der Waals surface area contributed by atoms with E-state index in [-0.39, 0.29) is 10.2 Å². The molecule has 0 saturated heterocycles. The number of hydrogen-bond acceptors (Lipinski definition) is 4. The summed E-state index contributed by atoms with van der Waals surface area (Å²) >= 11 is 8.91. The van der Waals surface area contributed by atoms with E-state index in [0.29, 0.717) is 20.9 Å². The van der Waals surface area contributed by atoms with Gasteiger partial charge in [0, 0.05) is 29.9 Å². The van der Waals surface area contributed by atoms with Gasteiger partial charge in [-0.05, 0) is 59.9 Å². The van der Waals surface area contributed by atoms with Crippen LogP contribution in [0.15, 0.2) is 55.1 Å². The summed E-state index contributed by atoms with van der Waals surface area (Å²) in [6, 6.07) is 10.8. The third-order valence-electron chi connectivity index (χ3n) is 2.73. The maximum atomic E-state index is 12.4. The van der Waals surface area contributed by atoms with Crippen molar-refractivity contribution in [2.45, 2.75) is 9.79 Å². The number of thioether (sulfide) groups is 2. The van der Waals surface area contributed by atoms with Gasteiger partial charge >= 0.3 is 0 Å². The minimum absolute atomic E-state index is 0.0510. The van der Waals surface area contributed by atoms with Gasteiger partial charge in [-0.3, -0.25) is 9.59 Å². The Hall–Kier alpha value is -0.560. The number of halogens is 2. The Kier molecular flexibility index (Phi) is 4.08. The molecule has 2 aromatic rings. The van der Waals surface area contributed by atoms with E-state index in [1.807, 2.05) is 12.1 Å². The van der Waals surface area contributed by atoms with Gasteiger partial charge in [0.05, 0.1) is 0 Å². The maximum Gasteiger partial charge on any atom is 0.225 e. The molecule has 1 aliphatic heterocycles. The summed E-state index contributed by atoms with van der Waals surface area (Å²) < 4.78 is 1.66. The summed E-state index contributed by atoms with van der Waals surface area (Å²) in [6.45, 7) is 0. The van der Waals surface area contributed by atoms with Crippen LogP contribution in [0.5, 0.6) is 0 Å². The first kappa shape index (κ1) is 14.4. The van der Waals surface area contributed by atoms with Crippen molar-refractivity contribution in [1.29, 1.82) is 0 Å². The molecule has 0 N–H and O–H groups in total. The summed E-state index contributed by atoms with van der Waals surface area (Å²) in [5.41, 5.74) is 1.13. The number of hydrogen-bond donors (Lipinski definition) is 0. The summed E-state index contributed by atoms with van der Waals surface area (Å²) in [4.78, 5) is 26.1. The molecule has 2 nitrogen and oxygen atoms in total. The normalized spacial score (nSPS) is 14.3. The Labute approximate surface area is 141 Å². The fourth-order valence-corrected chi connectivity index (χ4v) is 4.41. The van der Waals surface area contributed by atoms with Crippen molar-refractivity contribution in [3.63, 3.8) is 0 Å². The van der Waals surface area contributed by atoms with Crippen LogP contribution in [0.1, 0.15) is 20.7 Å². The second-order valence-corrected chi connectivity index (χ2v) is 7.92. The first-order valence-corrected chi connectivity index (χ1v) is 8.80. The van der Waals surface area contributed by atoms with Crippen molar-refractivity contribution in [3.05, 3.63) is 56.5 Å². The van der Waals surface area contributed by atoms with E-state index in [1.54, 1.807) is 24.3 Å². The molecular weight excluding hydrogens is 424 g/mol. The molecular formula is C14H6Br2O2S2. The molecule has 100 valence electrons. The highest BCUT2D eigenvalue weighted by molar-refractivity contribution is 9.10. The molecule has 0 saturated carbocycles. The fourth-order valence-electron chi connectivity index (χ4n) is 1.81. The van der Waals surface area contributed by atoms with Gasteiger partial charge in [-0.25, -0.2) is 0 Å². The van der Waals surface area contributed by atoms with Crippen LogP contribution in [0.4, 0.5) is 0 Å². The quantitative estimate of drug-likeness (QED) is 0.562. The third kappa shape index (κ3) is 2.74. The Bertz CT molecular complexity index is 680. The molecule has 0 unspecified atom stereocenters. The molecule has 0 bridgehead atoms. The molecule has 3 rings (SSSR count). The van der Waals surface area contributed by atoms with Gasteiger partial charge in [0.1, 0.15) is 0 Å². The van der Waals surface area contributed by atoms with Crippen molar-refractivity contribution in [3.8, 4) is 0 Å². The van der Waals surface area contributed by atoms with Crippen molar-refractivity contribution < 1.29 is 9.59 Å². The van der Waals surface area contributed by atoms with Crippen molar-refractivity contribution >= 4 is 65.6 Å². The predicted molar refractivity (Wildman–Crippen MR) is 88.7 cm³/mol. The summed E-state index contributed by atoms with van der Waals surface area (Å²) in [6.07, 6.45) is 0. The highest BCUT2D eigenvalue weighted by Crippen LogP contribution is 2.39. The lowest BCUT2D eigenvalue weighted by molar-refractivity contribution is 0.108.